The normalized spacial score (nSPS) is 12.5. The molecule has 164 valence electrons. The highest BCUT2D eigenvalue weighted by molar-refractivity contribution is 6.07. The molecular weight excluding hydrogens is 412 g/mol. The summed E-state index contributed by atoms with van der Waals surface area (Å²) in [5.41, 5.74) is 4.51. The molecule has 0 radical (unpaired) electrons. The molecule has 0 spiro atoms. The Morgan fingerprint density at radius 3 is 2.44 bits per heavy atom. The van der Waals surface area contributed by atoms with Crippen LogP contribution in [0.4, 0.5) is 11.4 Å². The van der Waals surface area contributed by atoms with Crippen LogP contribution in [0.5, 0.6) is 0 Å². The molecule has 2 heterocycles. The molecular formula is C23H22N4O5. The lowest BCUT2D eigenvalue weighted by atomic mass is 10.1. The zero-order chi connectivity index (χ0) is 23.0. The summed E-state index contributed by atoms with van der Waals surface area (Å²) in [6, 6.07) is 12.4. The number of nitrogens with zero attached hydrogens (tertiary/aromatic N) is 4. The van der Waals surface area contributed by atoms with E-state index in [2.05, 4.69) is 5.10 Å². The van der Waals surface area contributed by atoms with Gasteiger partial charge in [-0.3, -0.25) is 19.6 Å². The number of hydrogen-bond donors (Lipinski definition) is 0. The third kappa shape index (κ3) is 3.73. The Hall–Kier alpha value is -4.01. The topological polar surface area (TPSA) is 108 Å². The van der Waals surface area contributed by atoms with Crippen LogP contribution >= 0.6 is 0 Å². The van der Waals surface area contributed by atoms with E-state index in [-0.39, 0.29) is 11.6 Å². The Kier molecular flexibility index (Phi) is 5.48. The number of carbonyl (C=O) groups is 2. The summed E-state index contributed by atoms with van der Waals surface area (Å²) < 4.78 is 6.36. The second-order valence-electron chi connectivity index (χ2n) is 7.67. The van der Waals surface area contributed by atoms with Crippen LogP contribution in [0.2, 0.25) is 0 Å². The number of benzene rings is 2. The summed E-state index contributed by atoms with van der Waals surface area (Å²) in [6.45, 7) is 4.20. The number of nitro groups is 1. The number of anilines is 1. The van der Waals surface area contributed by atoms with E-state index in [0.717, 1.165) is 16.8 Å². The molecule has 0 atom stereocenters. The van der Waals surface area contributed by atoms with Crippen molar-refractivity contribution in [3.05, 3.63) is 86.2 Å². The summed E-state index contributed by atoms with van der Waals surface area (Å²) in [4.78, 5) is 37.3. The van der Waals surface area contributed by atoms with Gasteiger partial charge in [0.1, 0.15) is 11.4 Å². The first kappa shape index (κ1) is 21.2. The van der Waals surface area contributed by atoms with E-state index in [1.54, 1.807) is 53.8 Å². The van der Waals surface area contributed by atoms with Crippen LogP contribution in [0.25, 0.3) is 0 Å². The summed E-state index contributed by atoms with van der Waals surface area (Å²) >= 11 is 0. The number of hydrogen-bond acceptors (Lipinski definition) is 6. The van der Waals surface area contributed by atoms with Gasteiger partial charge >= 0.3 is 11.7 Å². The summed E-state index contributed by atoms with van der Waals surface area (Å²) in [5, 5.41) is 15.5. The lowest BCUT2D eigenvalue weighted by Crippen LogP contribution is -2.28. The highest BCUT2D eigenvalue weighted by atomic mass is 16.6. The molecule has 1 aromatic heterocycles. The lowest BCUT2D eigenvalue weighted by Gasteiger charge is -2.18. The van der Waals surface area contributed by atoms with Crippen LogP contribution in [0, 0.1) is 24.0 Å². The summed E-state index contributed by atoms with van der Waals surface area (Å²) in [5.74, 6) is -0.524. The molecule has 3 aromatic rings. The van der Waals surface area contributed by atoms with E-state index in [0.29, 0.717) is 42.0 Å². The van der Waals surface area contributed by atoms with Gasteiger partial charge in [0.05, 0.1) is 24.1 Å². The van der Waals surface area contributed by atoms with Crippen molar-refractivity contribution >= 4 is 23.3 Å². The predicted molar refractivity (Wildman–Crippen MR) is 117 cm³/mol. The fourth-order valence-electron chi connectivity index (χ4n) is 4.04. The van der Waals surface area contributed by atoms with Gasteiger partial charge in [0.2, 0.25) is 0 Å². The Labute approximate surface area is 184 Å². The minimum Gasteiger partial charge on any atom is -0.465 e. The molecule has 0 saturated carbocycles. The van der Waals surface area contributed by atoms with Crippen LogP contribution in [0.15, 0.2) is 42.5 Å². The highest BCUT2D eigenvalue weighted by Crippen LogP contribution is 2.30. The number of esters is 1. The molecule has 1 aliphatic rings. The Balaban J connectivity index is 1.51. The average Bonchev–Trinajstić information content (AvgIpc) is 3.32. The van der Waals surface area contributed by atoms with E-state index >= 15 is 0 Å². The lowest BCUT2D eigenvalue weighted by molar-refractivity contribution is -0.386. The minimum absolute atomic E-state index is 0.0276. The standard InChI is InChI=1S/C23H22N4O5/c1-14-21(27(30)31)15(2)26(24-14)13-16-4-6-17(7-5-16)22(28)25-11-10-18-12-19(23(29)32-3)8-9-20(18)25/h4-9,12H,10-11,13H2,1-3H3. The number of aryl methyl sites for hydroxylation is 1. The zero-order valence-corrected chi connectivity index (χ0v) is 18.0. The highest BCUT2D eigenvalue weighted by Gasteiger charge is 2.27. The van der Waals surface area contributed by atoms with E-state index in [1.807, 2.05) is 12.1 Å². The number of ether oxygens (including phenoxy) is 1. The van der Waals surface area contributed by atoms with E-state index in [1.165, 1.54) is 7.11 Å². The van der Waals surface area contributed by atoms with Crippen molar-refractivity contribution in [3.8, 4) is 0 Å². The fraction of sp³-hybridized carbons (Fsp3) is 0.261. The first-order valence-corrected chi connectivity index (χ1v) is 10.1. The average molecular weight is 434 g/mol. The van der Waals surface area contributed by atoms with Gasteiger partial charge < -0.3 is 9.64 Å². The number of fused-ring (bicyclic) bond motifs is 1. The van der Waals surface area contributed by atoms with Gasteiger partial charge in [-0.2, -0.15) is 5.10 Å². The van der Waals surface area contributed by atoms with E-state index < -0.39 is 10.9 Å². The van der Waals surface area contributed by atoms with Gasteiger partial charge in [-0.1, -0.05) is 12.1 Å². The molecule has 1 aliphatic heterocycles. The van der Waals surface area contributed by atoms with Gasteiger partial charge in [-0.25, -0.2) is 4.79 Å². The summed E-state index contributed by atoms with van der Waals surface area (Å²) in [6.07, 6.45) is 0.667. The second-order valence-corrected chi connectivity index (χ2v) is 7.67. The quantitative estimate of drug-likeness (QED) is 0.346. The smallest absolute Gasteiger partial charge is 0.337 e. The Bertz CT molecular complexity index is 1230. The van der Waals surface area contributed by atoms with Crippen molar-refractivity contribution in [2.45, 2.75) is 26.8 Å². The molecule has 0 saturated heterocycles. The SMILES string of the molecule is COC(=O)c1ccc2c(c1)CCN2C(=O)c1ccc(Cn2nc(C)c([N+](=O)[O-])c2C)cc1. The van der Waals surface area contributed by atoms with Crippen molar-refractivity contribution < 1.29 is 19.2 Å². The largest absolute Gasteiger partial charge is 0.465 e. The van der Waals surface area contributed by atoms with Gasteiger partial charge in [0, 0.05) is 17.8 Å². The zero-order valence-electron chi connectivity index (χ0n) is 18.0. The maximum absolute atomic E-state index is 13.1. The van der Waals surface area contributed by atoms with Crippen LogP contribution in [-0.4, -0.2) is 40.2 Å². The first-order valence-electron chi connectivity index (χ1n) is 10.1. The molecule has 4 rings (SSSR count). The van der Waals surface area contributed by atoms with Gasteiger partial charge in [-0.15, -0.1) is 0 Å². The van der Waals surface area contributed by atoms with Crippen LogP contribution in [-0.2, 0) is 17.7 Å². The fourth-order valence-corrected chi connectivity index (χ4v) is 4.04. The Morgan fingerprint density at radius 1 is 1.12 bits per heavy atom. The van der Waals surface area contributed by atoms with E-state index in [4.69, 9.17) is 4.74 Å². The molecule has 0 N–H and O–H groups in total. The number of rotatable bonds is 5. The van der Waals surface area contributed by atoms with Crippen molar-refractivity contribution in [1.29, 1.82) is 0 Å². The van der Waals surface area contributed by atoms with Crippen molar-refractivity contribution in [2.24, 2.45) is 0 Å². The number of aromatic nitrogens is 2. The molecule has 1 amide bonds. The Morgan fingerprint density at radius 2 is 1.81 bits per heavy atom. The number of methoxy groups -OCH3 is 1. The maximum atomic E-state index is 13.1. The predicted octanol–water partition coefficient (Wildman–Crippen LogP) is 3.45. The third-order valence-electron chi connectivity index (χ3n) is 5.70. The molecule has 2 aromatic carbocycles. The molecule has 32 heavy (non-hydrogen) atoms. The molecule has 9 nitrogen and oxygen atoms in total. The van der Waals surface area contributed by atoms with Gasteiger partial charge in [-0.05, 0) is 61.7 Å². The summed E-state index contributed by atoms with van der Waals surface area (Å²) in [7, 11) is 1.34. The van der Waals surface area contributed by atoms with Crippen LogP contribution in [0.1, 0.15) is 43.2 Å². The second kappa shape index (κ2) is 8.26. The number of carbonyl (C=O) groups excluding carboxylic acids is 2. The van der Waals surface area contributed by atoms with E-state index in [9.17, 15) is 19.7 Å². The molecule has 0 unspecified atom stereocenters. The van der Waals surface area contributed by atoms with Crippen LogP contribution in [0.3, 0.4) is 0 Å². The third-order valence-corrected chi connectivity index (χ3v) is 5.70. The molecule has 0 fully saturated rings. The first-order chi connectivity index (χ1) is 15.3. The minimum atomic E-state index is -0.419. The van der Waals surface area contributed by atoms with Crippen molar-refractivity contribution in [3.63, 3.8) is 0 Å². The van der Waals surface area contributed by atoms with Gasteiger partial charge in [0.15, 0.2) is 0 Å². The van der Waals surface area contributed by atoms with Crippen molar-refractivity contribution in [2.75, 3.05) is 18.6 Å². The van der Waals surface area contributed by atoms with Crippen LogP contribution < -0.4 is 4.90 Å². The molecule has 0 aliphatic carbocycles. The van der Waals surface area contributed by atoms with Gasteiger partial charge in [0.25, 0.3) is 5.91 Å². The monoisotopic (exact) mass is 434 g/mol. The molecule has 0 bridgehead atoms. The molecule has 9 heteroatoms. The van der Waals surface area contributed by atoms with Crippen molar-refractivity contribution in [1.82, 2.24) is 9.78 Å². The number of amides is 1. The maximum Gasteiger partial charge on any atom is 0.337 e.